The van der Waals surface area contributed by atoms with Crippen molar-refractivity contribution in [2.45, 2.75) is 38.1 Å². The number of rotatable bonds is 16. The Balaban J connectivity index is 1.18. The Morgan fingerprint density at radius 3 is 1.29 bits per heavy atom. The number of para-hydroxylation sites is 2. The fourth-order valence-corrected chi connectivity index (χ4v) is 5.34. The quantitative estimate of drug-likeness (QED) is 0.113. The van der Waals surface area contributed by atoms with Crippen LogP contribution in [-0.4, -0.2) is 47.3 Å². The van der Waals surface area contributed by atoms with Gasteiger partial charge in [-0.1, -0.05) is 103 Å². The molecule has 2 atom stereocenters. The summed E-state index contributed by atoms with van der Waals surface area (Å²) in [6.07, 6.45) is 1.01. The normalized spacial score (nSPS) is 12.0. The molecule has 2 amide bonds. The molecule has 0 heterocycles. The van der Waals surface area contributed by atoms with E-state index >= 15 is 0 Å². The summed E-state index contributed by atoms with van der Waals surface area (Å²) < 4.78 is 12.2. The minimum atomic E-state index is -0.439. The standard InChI is InChI=1S/C40H40N2O6/c43-25-33(23-29-12-3-1-4-13-29)41-39(45)35-18-7-9-20-37(35)47-27-31-16-11-17-32(22-31)28-48-38-21-10-8-19-36(38)40(46)42-34(26-44)24-30-14-5-2-6-15-30/h1-22,33-34,43-44H,23-28H2,(H,41,45)(H,42,46)/t33-,34-/m0/s1. The molecule has 0 unspecified atom stereocenters. The number of hydrogen-bond donors (Lipinski definition) is 4. The van der Waals surface area contributed by atoms with E-state index in [1.54, 1.807) is 36.4 Å². The van der Waals surface area contributed by atoms with Crippen LogP contribution < -0.4 is 20.1 Å². The van der Waals surface area contributed by atoms with Crippen molar-refractivity contribution < 1.29 is 29.3 Å². The van der Waals surface area contributed by atoms with Gasteiger partial charge in [0.1, 0.15) is 24.7 Å². The van der Waals surface area contributed by atoms with Crippen LogP contribution in [0.3, 0.4) is 0 Å². The van der Waals surface area contributed by atoms with Gasteiger partial charge in [0.15, 0.2) is 0 Å². The number of ether oxygens (including phenoxy) is 2. The molecule has 8 heteroatoms. The van der Waals surface area contributed by atoms with Crippen molar-refractivity contribution in [3.63, 3.8) is 0 Å². The Bertz CT molecular complexity index is 1640. The van der Waals surface area contributed by atoms with Crippen molar-refractivity contribution in [1.29, 1.82) is 0 Å². The van der Waals surface area contributed by atoms with Crippen LogP contribution in [0.25, 0.3) is 0 Å². The van der Waals surface area contributed by atoms with Crippen molar-refractivity contribution in [2.75, 3.05) is 13.2 Å². The predicted molar refractivity (Wildman–Crippen MR) is 185 cm³/mol. The molecule has 0 bridgehead atoms. The van der Waals surface area contributed by atoms with Gasteiger partial charge in [-0.05, 0) is 65.4 Å². The summed E-state index contributed by atoms with van der Waals surface area (Å²) in [6, 6.07) is 40.3. The van der Waals surface area contributed by atoms with Gasteiger partial charge in [0, 0.05) is 0 Å². The Kier molecular flexibility index (Phi) is 12.3. The molecule has 4 N–H and O–H groups in total. The fraction of sp³-hybridized carbons (Fsp3) is 0.200. The van der Waals surface area contributed by atoms with E-state index in [0.29, 0.717) is 35.5 Å². The first-order valence-electron chi connectivity index (χ1n) is 15.9. The summed E-state index contributed by atoms with van der Waals surface area (Å²) in [7, 11) is 0. The van der Waals surface area contributed by atoms with Crippen molar-refractivity contribution in [2.24, 2.45) is 0 Å². The van der Waals surface area contributed by atoms with E-state index < -0.39 is 12.1 Å². The van der Waals surface area contributed by atoms with Gasteiger partial charge < -0.3 is 30.3 Å². The van der Waals surface area contributed by atoms with Crippen molar-refractivity contribution >= 4 is 11.8 Å². The lowest BCUT2D eigenvalue weighted by Gasteiger charge is -2.18. The van der Waals surface area contributed by atoms with Crippen LogP contribution >= 0.6 is 0 Å². The Morgan fingerprint density at radius 2 is 0.875 bits per heavy atom. The van der Waals surface area contributed by atoms with Gasteiger partial charge in [-0.3, -0.25) is 9.59 Å². The van der Waals surface area contributed by atoms with E-state index in [1.807, 2.05) is 97.1 Å². The minimum Gasteiger partial charge on any atom is -0.488 e. The molecule has 0 spiro atoms. The second kappa shape index (κ2) is 17.5. The van der Waals surface area contributed by atoms with Gasteiger partial charge in [-0.2, -0.15) is 0 Å². The van der Waals surface area contributed by atoms with Gasteiger partial charge in [0.05, 0.1) is 36.4 Å². The van der Waals surface area contributed by atoms with Gasteiger partial charge in [-0.25, -0.2) is 0 Å². The molecule has 0 aliphatic rings. The van der Waals surface area contributed by atoms with Crippen LogP contribution in [0.5, 0.6) is 11.5 Å². The highest BCUT2D eigenvalue weighted by Gasteiger charge is 2.19. The zero-order valence-electron chi connectivity index (χ0n) is 26.6. The molecular weight excluding hydrogens is 604 g/mol. The lowest BCUT2D eigenvalue weighted by molar-refractivity contribution is 0.0904. The third-order valence-corrected chi connectivity index (χ3v) is 7.80. The Hall–Kier alpha value is -5.44. The van der Waals surface area contributed by atoms with Crippen molar-refractivity contribution in [3.8, 4) is 11.5 Å². The maximum absolute atomic E-state index is 13.2. The van der Waals surface area contributed by atoms with Gasteiger partial charge in [0.25, 0.3) is 11.8 Å². The number of hydrogen-bond acceptors (Lipinski definition) is 6. The third kappa shape index (κ3) is 9.78. The molecule has 5 aromatic carbocycles. The number of nitrogens with one attached hydrogen (secondary N) is 2. The summed E-state index contributed by atoms with van der Waals surface area (Å²) in [4.78, 5) is 26.4. The van der Waals surface area contributed by atoms with Crippen molar-refractivity contribution in [3.05, 3.63) is 167 Å². The number of amides is 2. The van der Waals surface area contributed by atoms with E-state index in [1.165, 1.54) is 0 Å². The van der Waals surface area contributed by atoms with Crippen molar-refractivity contribution in [1.82, 2.24) is 10.6 Å². The number of aliphatic hydroxyl groups is 2. The third-order valence-electron chi connectivity index (χ3n) is 7.80. The highest BCUT2D eigenvalue weighted by atomic mass is 16.5. The van der Waals surface area contributed by atoms with Crippen LogP contribution in [0.2, 0.25) is 0 Å². The molecule has 246 valence electrons. The second-order valence-electron chi connectivity index (χ2n) is 11.5. The number of aliphatic hydroxyl groups excluding tert-OH is 2. The number of carbonyl (C=O) groups is 2. The van der Waals surface area contributed by atoms with Gasteiger partial charge in [-0.15, -0.1) is 0 Å². The molecule has 5 aromatic rings. The zero-order chi connectivity index (χ0) is 33.6. The van der Waals surface area contributed by atoms with Gasteiger partial charge >= 0.3 is 0 Å². The molecule has 0 fully saturated rings. The van der Waals surface area contributed by atoms with E-state index in [4.69, 9.17) is 9.47 Å². The molecule has 0 aromatic heterocycles. The van der Waals surface area contributed by atoms with E-state index in [-0.39, 0.29) is 38.2 Å². The summed E-state index contributed by atoms with van der Waals surface area (Å²) in [5, 5.41) is 25.6. The molecule has 5 rings (SSSR count). The molecule has 0 saturated carbocycles. The highest BCUT2D eigenvalue weighted by molar-refractivity contribution is 5.97. The molecule has 0 aliphatic carbocycles. The van der Waals surface area contributed by atoms with E-state index in [9.17, 15) is 19.8 Å². The minimum absolute atomic E-state index is 0.189. The number of benzene rings is 5. The molecule has 8 nitrogen and oxygen atoms in total. The van der Waals surface area contributed by atoms with E-state index in [2.05, 4.69) is 10.6 Å². The maximum atomic E-state index is 13.2. The van der Waals surface area contributed by atoms with Crippen LogP contribution in [0.4, 0.5) is 0 Å². The fourth-order valence-electron chi connectivity index (χ4n) is 5.34. The molecule has 48 heavy (non-hydrogen) atoms. The summed E-state index contributed by atoms with van der Waals surface area (Å²) in [6.45, 7) is 0.0548. The largest absolute Gasteiger partial charge is 0.488 e. The first kappa shape index (κ1) is 33.9. The Labute approximate surface area is 281 Å². The zero-order valence-corrected chi connectivity index (χ0v) is 26.6. The van der Waals surface area contributed by atoms with Crippen LogP contribution in [0.1, 0.15) is 43.0 Å². The Morgan fingerprint density at radius 1 is 0.500 bits per heavy atom. The molecular formula is C40H40N2O6. The highest BCUT2D eigenvalue weighted by Crippen LogP contribution is 2.22. The van der Waals surface area contributed by atoms with Crippen LogP contribution in [0.15, 0.2) is 133 Å². The second-order valence-corrected chi connectivity index (χ2v) is 11.5. The first-order valence-corrected chi connectivity index (χ1v) is 15.9. The smallest absolute Gasteiger partial charge is 0.255 e. The van der Waals surface area contributed by atoms with E-state index in [0.717, 1.165) is 22.3 Å². The van der Waals surface area contributed by atoms with Crippen LogP contribution in [-0.2, 0) is 26.1 Å². The molecule has 0 saturated heterocycles. The molecule has 0 aliphatic heterocycles. The van der Waals surface area contributed by atoms with Crippen LogP contribution in [0, 0.1) is 0 Å². The lowest BCUT2D eigenvalue weighted by atomic mass is 10.1. The maximum Gasteiger partial charge on any atom is 0.255 e. The number of carbonyl (C=O) groups excluding carboxylic acids is 2. The SMILES string of the molecule is O=C(N[C@H](CO)Cc1ccccc1)c1ccccc1OCc1cccc(COc2ccccc2C(=O)N[C@H](CO)Cc2ccccc2)c1. The molecule has 0 radical (unpaired) electrons. The predicted octanol–water partition coefficient (Wildman–Crippen LogP) is 5.51. The topological polar surface area (TPSA) is 117 Å². The average Bonchev–Trinajstić information content (AvgIpc) is 3.13. The summed E-state index contributed by atoms with van der Waals surface area (Å²) >= 11 is 0. The monoisotopic (exact) mass is 644 g/mol. The summed E-state index contributed by atoms with van der Waals surface area (Å²) in [5.41, 5.74) is 4.55. The first-order chi connectivity index (χ1) is 23.5. The average molecular weight is 645 g/mol. The van der Waals surface area contributed by atoms with Gasteiger partial charge in [0.2, 0.25) is 0 Å². The lowest BCUT2D eigenvalue weighted by Crippen LogP contribution is -2.39. The summed E-state index contributed by atoms with van der Waals surface area (Å²) in [5.74, 6) is 0.217.